The summed E-state index contributed by atoms with van der Waals surface area (Å²) >= 11 is 2.89. The molecule has 0 spiro atoms. The number of thioether (sulfide) groups is 1. The average Bonchev–Trinajstić information content (AvgIpc) is 2.98. The van der Waals surface area contributed by atoms with E-state index in [2.05, 4.69) is 22.4 Å². The number of para-hydroxylation sites is 1. The lowest BCUT2D eigenvalue weighted by Gasteiger charge is -2.15. The van der Waals surface area contributed by atoms with Crippen LogP contribution in [0.2, 0.25) is 0 Å². The molecule has 22 heavy (non-hydrogen) atoms. The molecule has 1 aromatic carbocycles. The number of hydrogen-bond donors (Lipinski definition) is 1. The van der Waals surface area contributed by atoms with Gasteiger partial charge < -0.3 is 10.2 Å². The normalized spacial score (nSPS) is 10.5. The van der Waals surface area contributed by atoms with Gasteiger partial charge in [-0.2, -0.15) is 0 Å². The van der Waals surface area contributed by atoms with Gasteiger partial charge in [0.1, 0.15) is 0 Å². The number of aromatic nitrogens is 2. The van der Waals surface area contributed by atoms with Gasteiger partial charge in [-0.05, 0) is 18.6 Å². The zero-order chi connectivity index (χ0) is 15.8. The number of nitrogens with zero attached hydrogens (tertiary/aromatic N) is 3. The fraction of sp³-hybridized carbons (Fsp3) is 0.400. The van der Waals surface area contributed by atoms with E-state index in [-0.39, 0.29) is 5.91 Å². The highest BCUT2D eigenvalue weighted by Gasteiger charge is 2.11. The van der Waals surface area contributed by atoms with Gasteiger partial charge in [-0.25, -0.2) is 0 Å². The molecule has 0 aliphatic carbocycles. The maximum Gasteiger partial charge on any atom is 0.232 e. The van der Waals surface area contributed by atoms with E-state index in [1.807, 2.05) is 37.4 Å². The molecule has 118 valence electrons. The van der Waals surface area contributed by atoms with E-state index in [1.54, 1.807) is 4.90 Å². The summed E-state index contributed by atoms with van der Waals surface area (Å²) in [6.45, 7) is 2.93. The van der Waals surface area contributed by atoms with Crippen LogP contribution in [0.15, 0.2) is 34.7 Å². The van der Waals surface area contributed by atoms with E-state index in [9.17, 15) is 4.79 Å². The van der Waals surface area contributed by atoms with E-state index in [1.165, 1.54) is 23.1 Å². The second-order valence-corrected chi connectivity index (χ2v) is 7.02. The van der Waals surface area contributed by atoms with Gasteiger partial charge in [-0.3, -0.25) is 4.79 Å². The third-order valence-corrected chi connectivity index (χ3v) is 4.98. The number of amides is 1. The number of anilines is 2. The topological polar surface area (TPSA) is 58.1 Å². The van der Waals surface area contributed by atoms with Gasteiger partial charge >= 0.3 is 0 Å². The molecule has 2 aromatic rings. The first-order valence-corrected chi connectivity index (χ1v) is 9.01. The van der Waals surface area contributed by atoms with Crippen molar-refractivity contribution in [3.05, 3.63) is 30.3 Å². The quantitative estimate of drug-likeness (QED) is 0.746. The molecule has 0 aliphatic rings. The minimum absolute atomic E-state index is 0.131. The molecule has 2 rings (SSSR count). The average molecular weight is 336 g/mol. The number of hydrogen-bond acceptors (Lipinski definition) is 6. The van der Waals surface area contributed by atoms with Gasteiger partial charge in [0.25, 0.3) is 0 Å². The predicted octanol–water partition coefficient (Wildman–Crippen LogP) is 3.63. The Balaban J connectivity index is 1.81. The number of nitrogens with one attached hydrogen (secondary N) is 1. The lowest BCUT2D eigenvalue weighted by atomic mass is 10.3. The molecule has 1 heterocycles. The molecule has 0 saturated carbocycles. The number of carbonyl (C=O) groups is 1. The highest BCUT2D eigenvalue weighted by Crippen LogP contribution is 2.27. The Morgan fingerprint density at radius 1 is 1.32 bits per heavy atom. The number of carbonyl (C=O) groups excluding carboxylic acids is 1. The fourth-order valence-corrected chi connectivity index (χ4v) is 3.43. The molecule has 0 bridgehead atoms. The Labute approximate surface area is 139 Å². The lowest BCUT2D eigenvalue weighted by Crippen LogP contribution is -2.29. The summed E-state index contributed by atoms with van der Waals surface area (Å²) < 4.78 is 0.802. The van der Waals surface area contributed by atoms with E-state index in [4.69, 9.17) is 0 Å². The Morgan fingerprint density at radius 2 is 2.09 bits per heavy atom. The third-order valence-electron chi connectivity index (χ3n) is 3.02. The first-order valence-electron chi connectivity index (χ1n) is 7.21. The van der Waals surface area contributed by atoms with Crippen molar-refractivity contribution in [3.63, 3.8) is 0 Å². The first-order chi connectivity index (χ1) is 10.7. The van der Waals surface area contributed by atoms with Gasteiger partial charge in [0, 0.05) is 19.3 Å². The van der Waals surface area contributed by atoms with Gasteiger partial charge in [-0.15, -0.1) is 10.2 Å². The SMILES string of the molecule is CCCCN(C)C(=O)CSc1nnc(Nc2ccccc2)s1. The van der Waals surface area contributed by atoms with Crippen molar-refractivity contribution < 1.29 is 4.79 Å². The molecule has 1 aromatic heterocycles. The minimum atomic E-state index is 0.131. The van der Waals surface area contributed by atoms with Crippen molar-refractivity contribution in [1.29, 1.82) is 0 Å². The van der Waals surface area contributed by atoms with Crippen LogP contribution >= 0.6 is 23.1 Å². The number of unbranched alkanes of at least 4 members (excludes halogenated alkanes) is 1. The van der Waals surface area contributed by atoms with Crippen molar-refractivity contribution in [2.24, 2.45) is 0 Å². The fourth-order valence-electron chi connectivity index (χ4n) is 1.72. The molecule has 1 amide bonds. The third kappa shape index (κ3) is 5.31. The van der Waals surface area contributed by atoms with E-state index in [0.717, 1.165) is 34.5 Å². The maximum atomic E-state index is 12.0. The van der Waals surface area contributed by atoms with Crippen LogP contribution in [0.25, 0.3) is 0 Å². The smallest absolute Gasteiger partial charge is 0.232 e. The second-order valence-electron chi connectivity index (χ2n) is 4.82. The van der Waals surface area contributed by atoms with Crippen LogP contribution in [0.1, 0.15) is 19.8 Å². The zero-order valence-electron chi connectivity index (χ0n) is 12.8. The van der Waals surface area contributed by atoms with Crippen LogP contribution in [0.5, 0.6) is 0 Å². The molecule has 7 heteroatoms. The molecule has 0 atom stereocenters. The van der Waals surface area contributed by atoms with E-state index in [0.29, 0.717) is 5.75 Å². The Kier molecular flexibility index (Phi) is 6.67. The van der Waals surface area contributed by atoms with Crippen molar-refractivity contribution in [3.8, 4) is 0 Å². The first kappa shape index (κ1) is 16.8. The summed E-state index contributed by atoms with van der Waals surface area (Å²) in [6.07, 6.45) is 2.13. The highest BCUT2D eigenvalue weighted by atomic mass is 32.2. The summed E-state index contributed by atoms with van der Waals surface area (Å²) in [5, 5.41) is 12.1. The summed E-state index contributed by atoms with van der Waals surface area (Å²) in [5.74, 6) is 0.534. The predicted molar refractivity (Wildman–Crippen MR) is 92.9 cm³/mol. The van der Waals surface area contributed by atoms with Crippen LogP contribution in [0.4, 0.5) is 10.8 Å². The van der Waals surface area contributed by atoms with E-state index < -0.39 is 0 Å². The summed E-state index contributed by atoms with van der Waals surface area (Å²) in [6, 6.07) is 9.84. The standard InChI is InChI=1S/C15H20N4OS2/c1-3-4-10-19(2)13(20)11-21-15-18-17-14(22-15)16-12-8-6-5-7-9-12/h5-9H,3-4,10-11H2,1-2H3,(H,16,17). The van der Waals surface area contributed by atoms with Gasteiger partial charge in [0.05, 0.1) is 5.75 Å². The van der Waals surface area contributed by atoms with Crippen LogP contribution in [-0.4, -0.2) is 40.3 Å². The molecule has 0 fully saturated rings. The van der Waals surface area contributed by atoms with Crippen molar-refractivity contribution in [2.75, 3.05) is 24.7 Å². The number of rotatable bonds is 8. The minimum Gasteiger partial charge on any atom is -0.345 e. The molecule has 0 radical (unpaired) electrons. The molecular formula is C15H20N4OS2. The zero-order valence-corrected chi connectivity index (χ0v) is 14.4. The van der Waals surface area contributed by atoms with Crippen molar-refractivity contribution >= 4 is 39.8 Å². The van der Waals surface area contributed by atoms with Crippen LogP contribution < -0.4 is 5.32 Å². The van der Waals surface area contributed by atoms with Crippen molar-refractivity contribution in [1.82, 2.24) is 15.1 Å². The monoisotopic (exact) mass is 336 g/mol. The van der Waals surface area contributed by atoms with Gasteiger partial charge in [0.15, 0.2) is 4.34 Å². The largest absolute Gasteiger partial charge is 0.345 e. The maximum absolute atomic E-state index is 12.0. The molecule has 0 unspecified atom stereocenters. The Bertz CT molecular complexity index is 588. The van der Waals surface area contributed by atoms with E-state index >= 15 is 0 Å². The van der Waals surface area contributed by atoms with Crippen LogP contribution in [0, 0.1) is 0 Å². The lowest BCUT2D eigenvalue weighted by molar-refractivity contribution is -0.127. The highest BCUT2D eigenvalue weighted by molar-refractivity contribution is 8.01. The Morgan fingerprint density at radius 3 is 2.82 bits per heavy atom. The molecule has 0 aliphatic heterocycles. The summed E-state index contributed by atoms with van der Waals surface area (Å²) in [4.78, 5) is 13.7. The van der Waals surface area contributed by atoms with Gasteiger partial charge in [-0.1, -0.05) is 54.6 Å². The van der Waals surface area contributed by atoms with Crippen molar-refractivity contribution in [2.45, 2.75) is 24.1 Å². The van der Waals surface area contributed by atoms with Crippen LogP contribution in [-0.2, 0) is 4.79 Å². The summed E-state index contributed by atoms with van der Waals surface area (Å²) in [5.41, 5.74) is 0.977. The molecule has 0 saturated heterocycles. The summed E-state index contributed by atoms with van der Waals surface area (Å²) in [7, 11) is 1.85. The molecule has 1 N–H and O–H groups in total. The van der Waals surface area contributed by atoms with Gasteiger partial charge in [0.2, 0.25) is 11.0 Å². The van der Waals surface area contributed by atoms with Crippen LogP contribution in [0.3, 0.4) is 0 Å². The second kappa shape index (κ2) is 8.75. The number of benzene rings is 1. The molecular weight excluding hydrogens is 316 g/mol. The molecule has 5 nitrogen and oxygen atoms in total. The Hall–Kier alpha value is -1.60.